The zero-order valence-corrected chi connectivity index (χ0v) is 20.6. The van der Waals surface area contributed by atoms with Gasteiger partial charge in [0.05, 0.1) is 7.11 Å². The highest BCUT2D eigenvalue weighted by Gasteiger charge is 2.35. The molecule has 1 aliphatic rings. The number of aromatic nitrogens is 1. The second-order valence-corrected chi connectivity index (χ2v) is 10.2. The minimum atomic E-state index is -0.899. The maximum Gasteiger partial charge on any atom is 0.328 e. The van der Waals surface area contributed by atoms with E-state index in [-0.39, 0.29) is 16.8 Å². The van der Waals surface area contributed by atoms with E-state index in [1.807, 2.05) is 20.1 Å². The van der Waals surface area contributed by atoms with E-state index in [1.165, 1.54) is 29.5 Å². The minimum absolute atomic E-state index is 0.134. The van der Waals surface area contributed by atoms with Crippen molar-refractivity contribution in [3.8, 4) is 5.69 Å². The van der Waals surface area contributed by atoms with Crippen molar-refractivity contribution < 1.29 is 19.1 Å². The van der Waals surface area contributed by atoms with Gasteiger partial charge in [-0.1, -0.05) is 25.4 Å². The van der Waals surface area contributed by atoms with Crippen LogP contribution in [0.3, 0.4) is 0 Å². The van der Waals surface area contributed by atoms with Gasteiger partial charge in [-0.15, -0.1) is 0 Å². The second kappa shape index (κ2) is 10.1. The maximum absolute atomic E-state index is 13.6. The van der Waals surface area contributed by atoms with Crippen molar-refractivity contribution in [1.82, 2.24) is 9.88 Å². The number of hydrogen-bond donors (Lipinski definition) is 1. The third-order valence-electron chi connectivity index (χ3n) is 5.62. The van der Waals surface area contributed by atoms with Crippen LogP contribution < -0.4 is 10.9 Å². The van der Waals surface area contributed by atoms with Crippen molar-refractivity contribution in [2.75, 3.05) is 19.1 Å². The molecule has 0 saturated carbocycles. The summed E-state index contributed by atoms with van der Waals surface area (Å²) < 4.78 is 6.21. The Labute approximate surface area is 201 Å². The molecule has 1 aromatic heterocycles. The number of nitrogens with one attached hydrogen (secondary N) is 1. The number of esters is 1. The summed E-state index contributed by atoms with van der Waals surface area (Å²) in [7, 11) is 1.24. The molecule has 1 aromatic carbocycles. The highest BCUT2D eigenvalue weighted by atomic mass is 35.5. The molecule has 3 rings (SSSR count). The van der Waals surface area contributed by atoms with Crippen molar-refractivity contribution >= 4 is 41.0 Å². The van der Waals surface area contributed by atoms with Crippen LogP contribution in [0.25, 0.3) is 5.69 Å². The predicted octanol–water partition coefficient (Wildman–Crippen LogP) is 3.67. The molecule has 0 aliphatic heterocycles. The summed E-state index contributed by atoms with van der Waals surface area (Å²) in [5.41, 5.74) is 0.317. The molecule has 0 spiro atoms. The number of rotatable bonds is 7. The molecule has 1 heterocycles. The molecule has 0 saturated heterocycles. The fourth-order valence-electron chi connectivity index (χ4n) is 4.00. The van der Waals surface area contributed by atoms with Crippen LogP contribution in [0.15, 0.2) is 35.1 Å². The van der Waals surface area contributed by atoms with Crippen molar-refractivity contribution in [1.29, 1.82) is 0 Å². The second-order valence-electron chi connectivity index (χ2n) is 8.81. The monoisotopic (exact) mass is 490 g/mol. The molecule has 1 N–H and O–H groups in total. The molecule has 0 radical (unpaired) electrons. The lowest BCUT2D eigenvalue weighted by molar-refractivity contribution is -0.142. The fraction of sp³-hybridized carbons (Fsp3) is 0.417. The summed E-state index contributed by atoms with van der Waals surface area (Å²) in [6, 6.07) is 7.10. The Kier molecular flexibility index (Phi) is 7.69. The Morgan fingerprint density at radius 2 is 1.88 bits per heavy atom. The van der Waals surface area contributed by atoms with E-state index in [0.717, 1.165) is 0 Å². The number of benzene rings is 1. The zero-order chi connectivity index (χ0) is 24.3. The first-order valence-electron chi connectivity index (χ1n) is 10.5. The lowest BCUT2D eigenvalue weighted by Crippen LogP contribution is -2.45. The SMILES string of the molecule is COC(=O)[C@@H](CCSC)NC(=O)c1cc2c(n(-c3ccc(Cl)cc3)c1=O)CC(C)(C)CC2=O. The first-order valence-corrected chi connectivity index (χ1v) is 12.3. The third-order valence-corrected chi connectivity index (χ3v) is 6.52. The number of ketones is 1. The number of amides is 1. The molecule has 1 amide bonds. The number of thioether (sulfide) groups is 1. The van der Waals surface area contributed by atoms with Crippen molar-refractivity contribution in [2.45, 2.75) is 39.2 Å². The standard InChI is InChI=1S/C24H27ClN2O5S/c1-24(2)12-19-16(20(28)13-24)11-17(21(29)26-18(9-10-33-4)23(31)32-3)22(30)27(19)15-7-5-14(25)6-8-15/h5-8,11,18H,9-10,12-13H2,1-4H3,(H,26,29)/t18-/m1/s1. The van der Waals surface area contributed by atoms with Gasteiger partial charge in [0.1, 0.15) is 11.6 Å². The van der Waals surface area contributed by atoms with Gasteiger partial charge in [0.25, 0.3) is 11.5 Å². The molecule has 0 bridgehead atoms. The Morgan fingerprint density at radius 3 is 2.48 bits per heavy atom. The first-order chi connectivity index (χ1) is 15.6. The minimum Gasteiger partial charge on any atom is -0.467 e. The zero-order valence-electron chi connectivity index (χ0n) is 19.1. The van der Waals surface area contributed by atoms with E-state index in [0.29, 0.717) is 47.0 Å². The Morgan fingerprint density at radius 1 is 1.21 bits per heavy atom. The van der Waals surface area contributed by atoms with Crippen LogP contribution in [-0.2, 0) is 16.0 Å². The van der Waals surface area contributed by atoms with Crippen molar-refractivity contribution in [3.05, 3.63) is 62.5 Å². The van der Waals surface area contributed by atoms with Crippen LogP contribution in [-0.4, -0.2) is 47.4 Å². The molecule has 7 nitrogen and oxygen atoms in total. The molecular formula is C24H27ClN2O5S. The fourth-order valence-corrected chi connectivity index (χ4v) is 4.60. The number of methoxy groups -OCH3 is 1. The number of hydrogen-bond acceptors (Lipinski definition) is 6. The van der Waals surface area contributed by atoms with Crippen LogP contribution in [0.5, 0.6) is 0 Å². The highest BCUT2D eigenvalue weighted by molar-refractivity contribution is 7.98. The number of pyridine rings is 1. The van der Waals surface area contributed by atoms with Gasteiger partial charge in [0.2, 0.25) is 0 Å². The van der Waals surface area contributed by atoms with E-state index in [9.17, 15) is 19.2 Å². The third kappa shape index (κ3) is 5.50. The quantitative estimate of drug-likeness (QED) is 0.595. The largest absolute Gasteiger partial charge is 0.467 e. The number of carbonyl (C=O) groups is 3. The van der Waals surface area contributed by atoms with Crippen LogP contribution in [0, 0.1) is 5.41 Å². The summed E-state index contributed by atoms with van der Waals surface area (Å²) in [6.07, 6.45) is 3.03. The first kappa shape index (κ1) is 25.1. The van der Waals surface area contributed by atoms with E-state index in [4.69, 9.17) is 16.3 Å². The molecule has 1 atom stereocenters. The summed E-state index contributed by atoms with van der Waals surface area (Å²) in [4.78, 5) is 51.9. The van der Waals surface area contributed by atoms with Crippen LogP contribution >= 0.6 is 23.4 Å². The number of nitrogens with zero attached hydrogens (tertiary/aromatic N) is 1. The van der Waals surface area contributed by atoms with E-state index < -0.39 is 23.5 Å². The Bertz CT molecular complexity index is 1140. The van der Waals surface area contributed by atoms with Gasteiger partial charge in [-0.05, 0) is 60.6 Å². The smallest absolute Gasteiger partial charge is 0.328 e. The number of fused-ring (bicyclic) bond motifs is 1. The summed E-state index contributed by atoms with van der Waals surface area (Å²) in [6.45, 7) is 3.94. The lowest BCUT2D eigenvalue weighted by atomic mass is 9.75. The maximum atomic E-state index is 13.6. The Hall–Kier alpha value is -2.58. The van der Waals surface area contributed by atoms with Gasteiger partial charge in [0, 0.05) is 28.4 Å². The Balaban J connectivity index is 2.14. The molecule has 9 heteroatoms. The molecular weight excluding hydrogens is 464 g/mol. The van der Waals surface area contributed by atoms with Gasteiger partial charge in [-0.3, -0.25) is 19.0 Å². The summed E-state index contributed by atoms with van der Waals surface area (Å²) in [5.74, 6) is -0.830. The molecule has 176 valence electrons. The topological polar surface area (TPSA) is 94.5 Å². The van der Waals surface area contributed by atoms with Crippen LogP contribution in [0.1, 0.15) is 53.1 Å². The molecule has 0 fully saturated rings. The number of Topliss-reactive ketones (excluding diaryl/α,β-unsaturated/α-hetero) is 1. The normalized spacial score (nSPS) is 15.5. The molecule has 33 heavy (non-hydrogen) atoms. The van der Waals surface area contributed by atoms with E-state index >= 15 is 0 Å². The number of carbonyl (C=O) groups excluding carboxylic acids is 3. The van der Waals surface area contributed by atoms with Gasteiger partial charge in [-0.25, -0.2) is 4.79 Å². The van der Waals surface area contributed by atoms with Crippen molar-refractivity contribution in [3.63, 3.8) is 0 Å². The average molecular weight is 491 g/mol. The number of halogens is 1. The average Bonchev–Trinajstić information content (AvgIpc) is 2.75. The van der Waals surface area contributed by atoms with E-state index in [2.05, 4.69) is 5.32 Å². The van der Waals surface area contributed by atoms with Gasteiger partial charge >= 0.3 is 5.97 Å². The predicted molar refractivity (Wildman–Crippen MR) is 130 cm³/mol. The summed E-state index contributed by atoms with van der Waals surface area (Å²) >= 11 is 7.55. The molecule has 1 aliphatic carbocycles. The summed E-state index contributed by atoms with van der Waals surface area (Å²) in [5, 5.41) is 3.11. The van der Waals surface area contributed by atoms with Gasteiger partial charge in [0.15, 0.2) is 5.78 Å². The number of ether oxygens (including phenoxy) is 1. The van der Waals surface area contributed by atoms with Gasteiger partial charge < -0.3 is 10.1 Å². The molecule has 2 aromatic rings. The van der Waals surface area contributed by atoms with Gasteiger partial charge in [-0.2, -0.15) is 11.8 Å². The van der Waals surface area contributed by atoms with Crippen LogP contribution in [0.4, 0.5) is 0 Å². The van der Waals surface area contributed by atoms with Crippen molar-refractivity contribution in [2.24, 2.45) is 5.41 Å². The highest BCUT2D eigenvalue weighted by Crippen LogP contribution is 2.35. The molecule has 0 unspecified atom stereocenters. The lowest BCUT2D eigenvalue weighted by Gasteiger charge is -2.32. The van der Waals surface area contributed by atoms with E-state index in [1.54, 1.807) is 24.3 Å². The van der Waals surface area contributed by atoms with Crippen LogP contribution in [0.2, 0.25) is 5.02 Å².